The Bertz CT molecular complexity index is 645. The number of nitrogens with zero attached hydrogens (tertiary/aromatic N) is 3. The largest absolute Gasteiger partial charge is 0.433 e. The average Bonchev–Trinajstić information content (AvgIpc) is 2.89. The highest BCUT2D eigenvalue weighted by atomic mass is 19.4. The molecule has 0 unspecified atom stereocenters. The number of fused-ring (bicyclic) bond motifs is 1. The highest BCUT2D eigenvalue weighted by Gasteiger charge is 2.34. The first-order valence-corrected chi connectivity index (χ1v) is 6.43. The Kier molecular flexibility index (Phi) is 3.19. The van der Waals surface area contributed by atoms with E-state index in [9.17, 15) is 13.2 Å². The maximum atomic E-state index is 12.9. The van der Waals surface area contributed by atoms with Crippen molar-refractivity contribution in [3.8, 4) is 0 Å². The zero-order chi connectivity index (χ0) is 15.0. The first kappa shape index (κ1) is 13.7. The van der Waals surface area contributed by atoms with Crippen molar-refractivity contribution in [3.63, 3.8) is 0 Å². The smallest absolute Gasteiger partial charge is 0.357 e. The Morgan fingerprint density at radius 3 is 2.24 bits per heavy atom. The van der Waals surface area contributed by atoms with Crippen LogP contribution in [0.2, 0.25) is 0 Å². The Balaban J connectivity index is 1.97. The van der Waals surface area contributed by atoms with E-state index >= 15 is 0 Å². The van der Waals surface area contributed by atoms with Crippen molar-refractivity contribution >= 4 is 11.8 Å². The van der Waals surface area contributed by atoms with Gasteiger partial charge in [0.25, 0.3) is 0 Å². The summed E-state index contributed by atoms with van der Waals surface area (Å²) in [5.74, 6) is 0.244. The van der Waals surface area contributed by atoms with Gasteiger partial charge in [0.05, 0.1) is 0 Å². The molecular weight excluding hydrogens is 281 g/mol. The first-order valence-electron chi connectivity index (χ1n) is 6.43. The van der Waals surface area contributed by atoms with Crippen molar-refractivity contribution in [2.75, 3.05) is 17.3 Å². The topological polar surface area (TPSA) is 41.1 Å². The van der Waals surface area contributed by atoms with E-state index in [0.29, 0.717) is 13.1 Å². The predicted molar refractivity (Wildman–Crippen MR) is 72.9 cm³/mol. The molecule has 1 N–H and O–H groups in total. The molecule has 1 aliphatic rings. The van der Waals surface area contributed by atoms with Gasteiger partial charge in [-0.2, -0.15) is 18.2 Å². The zero-order valence-electron chi connectivity index (χ0n) is 11.3. The fourth-order valence-corrected chi connectivity index (χ4v) is 2.35. The van der Waals surface area contributed by atoms with Gasteiger partial charge < -0.3 is 10.2 Å². The van der Waals surface area contributed by atoms with Crippen LogP contribution in [0.15, 0.2) is 30.3 Å². The van der Waals surface area contributed by atoms with Crippen LogP contribution in [-0.4, -0.2) is 17.0 Å². The van der Waals surface area contributed by atoms with Gasteiger partial charge >= 0.3 is 6.18 Å². The molecule has 0 saturated heterocycles. The number of aromatic nitrogens is 2. The third kappa shape index (κ3) is 2.63. The van der Waals surface area contributed by atoms with E-state index in [0.717, 1.165) is 17.2 Å². The van der Waals surface area contributed by atoms with Crippen molar-refractivity contribution < 1.29 is 13.2 Å². The second-order valence-electron chi connectivity index (χ2n) is 4.81. The molecule has 0 radical (unpaired) electrons. The lowest BCUT2D eigenvalue weighted by molar-refractivity contribution is -0.141. The molecule has 3 rings (SSSR count). The van der Waals surface area contributed by atoms with Crippen molar-refractivity contribution in [1.82, 2.24) is 9.97 Å². The molecule has 0 atom stereocenters. The molecule has 0 saturated carbocycles. The summed E-state index contributed by atoms with van der Waals surface area (Å²) in [6, 6.07) is 8.78. The lowest BCUT2D eigenvalue weighted by Gasteiger charge is -2.18. The van der Waals surface area contributed by atoms with Gasteiger partial charge in [0.2, 0.25) is 5.95 Å². The maximum Gasteiger partial charge on any atom is 0.433 e. The van der Waals surface area contributed by atoms with Crippen LogP contribution >= 0.6 is 0 Å². The first-order chi connectivity index (χ1) is 9.97. The lowest BCUT2D eigenvalue weighted by Crippen LogP contribution is -2.19. The molecule has 0 spiro atoms. The Morgan fingerprint density at radius 1 is 1.10 bits per heavy atom. The number of hydrogen-bond acceptors (Lipinski definition) is 4. The number of rotatable bonds is 2. The van der Waals surface area contributed by atoms with Gasteiger partial charge in [0.15, 0.2) is 5.69 Å². The summed E-state index contributed by atoms with van der Waals surface area (Å²) >= 11 is 0. The molecule has 0 amide bonds. The summed E-state index contributed by atoms with van der Waals surface area (Å²) in [6.07, 6.45) is -4.49. The van der Waals surface area contributed by atoms with Gasteiger partial charge in [-0.15, -0.1) is 0 Å². The maximum absolute atomic E-state index is 12.9. The summed E-state index contributed by atoms with van der Waals surface area (Å²) in [5, 5.41) is 2.58. The van der Waals surface area contributed by atoms with Crippen LogP contribution in [0.4, 0.5) is 24.9 Å². The Hall–Kier alpha value is -2.31. The summed E-state index contributed by atoms with van der Waals surface area (Å²) in [5.41, 5.74) is 1.28. The highest BCUT2D eigenvalue weighted by Crippen LogP contribution is 2.33. The number of hydrogen-bond donors (Lipinski definition) is 1. The van der Waals surface area contributed by atoms with Gasteiger partial charge in [0.1, 0.15) is 5.82 Å². The number of alkyl halides is 3. The van der Waals surface area contributed by atoms with Crippen LogP contribution < -0.4 is 10.2 Å². The summed E-state index contributed by atoms with van der Waals surface area (Å²) < 4.78 is 38.7. The van der Waals surface area contributed by atoms with Crippen LogP contribution in [-0.2, 0) is 19.3 Å². The molecule has 2 aromatic rings. The molecular formula is C14H13F3N4. The highest BCUT2D eigenvalue weighted by molar-refractivity contribution is 5.50. The minimum atomic E-state index is -4.49. The van der Waals surface area contributed by atoms with E-state index < -0.39 is 11.9 Å². The lowest BCUT2D eigenvalue weighted by atomic mass is 10.1. The van der Waals surface area contributed by atoms with E-state index in [2.05, 4.69) is 15.3 Å². The molecule has 1 aliphatic heterocycles. The molecule has 0 fully saturated rings. The van der Waals surface area contributed by atoms with Crippen molar-refractivity contribution in [1.29, 1.82) is 0 Å². The van der Waals surface area contributed by atoms with Crippen molar-refractivity contribution in [3.05, 3.63) is 47.2 Å². The van der Waals surface area contributed by atoms with E-state index in [1.165, 1.54) is 7.05 Å². The van der Waals surface area contributed by atoms with E-state index in [1.54, 1.807) is 0 Å². The summed E-state index contributed by atoms with van der Waals surface area (Å²) in [6.45, 7) is 1.10. The molecule has 4 nitrogen and oxygen atoms in total. The second kappa shape index (κ2) is 4.91. The van der Waals surface area contributed by atoms with Gasteiger partial charge in [-0.3, -0.25) is 0 Å². The molecule has 110 valence electrons. The number of halogens is 3. The van der Waals surface area contributed by atoms with Crippen molar-refractivity contribution in [2.24, 2.45) is 0 Å². The third-order valence-corrected chi connectivity index (χ3v) is 3.39. The predicted octanol–water partition coefficient (Wildman–Crippen LogP) is 3.06. The third-order valence-electron chi connectivity index (χ3n) is 3.39. The zero-order valence-corrected chi connectivity index (χ0v) is 11.3. The Labute approximate surface area is 119 Å². The van der Waals surface area contributed by atoms with Crippen LogP contribution in [0.5, 0.6) is 0 Å². The molecule has 0 bridgehead atoms. The molecule has 21 heavy (non-hydrogen) atoms. The average molecular weight is 294 g/mol. The molecule has 2 heterocycles. The van der Waals surface area contributed by atoms with Gasteiger partial charge in [0, 0.05) is 26.2 Å². The normalized spacial score (nSPS) is 14.2. The summed E-state index contributed by atoms with van der Waals surface area (Å²) in [7, 11) is 1.50. The van der Waals surface area contributed by atoms with E-state index in [1.807, 2.05) is 29.2 Å². The summed E-state index contributed by atoms with van der Waals surface area (Å²) in [4.78, 5) is 9.41. The fraction of sp³-hybridized carbons (Fsp3) is 0.286. The van der Waals surface area contributed by atoms with Gasteiger partial charge in [-0.25, -0.2) is 4.98 Å². The minimum Gasteiger partial charge on any atom is -0.357 e. The molecule has 1 aromatic heterocycles. The molecule has 7 heteroatoms. The monoisotopic (exact) mass is 294 g/mol. The second-order valence-corrected chi connectivity index (χ2v) is 4.81. The molecule has 0 aliphatic carbocycles. The number of nitrogens with one attached hydrogen (secondary N) is 1. The van der Waals surface area contributed by atoms with Crippen molar-refractivity contribution in [2.45, 2.75) is 19.3 Å². The molecule has 1 aromatic carbocycles. The van der Waals surface area contributed by atoms with Crippen LogP contribution in [0.1, 0.15) is 16.8 Å². The van der Waals surface area contributed by atoms with E-state index in [4.69, 9.17) is 0 Å². The van der Waals surface area contributed by atoms with Crippen LogP contribution in [0, 0.1) is 0 Å². The number of anilines is 2. The van der Waals surface area contributed by atoms with Gasteiger partial charge in [-0.05, 0) is 11.1 Å². The van der Waals surface area contributed by atoms with E-state index in [-0.39, 0.29) is 11.8 Å². The van der Waals surface area contributed by atoms with Crippen LogP contribution in [0.3, 0.4) is 0 Å². The van der Waals surface area contributed by atoms with Crippen LogP contribution in [0.25, 0.3) is 0 Å². The number of benzene rings is 1. The van der Waals surface area contributed by atoms with Gasteiger partial charge in [-0.1, -0.05) is 24.3 Å². The quantitative estimate of drug-likeness (QED) is 0.924. The standard InChI is InChI=1S/C14H13F3N4/c1-18-13-19-11(14(15,16)17)6-12(20-13)21-7-9-4-2-3-5-10(9)8-21/h2-6H,7-8H2,1H3,(H,18,19,20). The Morgan fingerprint density at radius 2 is 1.71 bits per heavy atom. The fourth-order valence-electron chi connectivity index (χ4n) is 2.35. The minimum absolute atomic E-state index is 0.0317. The SMILES string of the molecule is CNc1nc(N2Cc3ccccc3C2)cc(C(F)(F)F)n1.